The molecule has 0 saturated heterocycles. The van der Waals surface area contributed by atoms with Gasteiger partial charge >= 0.3 is 0 Å². The van der Waals surface area contributed by atoms with Crippen LogP contribution in [0.1, 0.15) is 123 Å². The standard InChI is InChI=1S/C25H52N/c1-6-9-11-13-15-17-19-21-23-25(26(4,5)24-8-3)22-20-18-16-14-12-10-7-2/h8,25H,3,6-7,9-24H2,1-2,4-5H3/q+1. The van der Waals surface area contributed by atoms with Crippen LogP contribution in [0.25, 0.3) is 0 Å². The first-order valence-corrected chi connectivity index (χ1v) is 12.0. The molecule has 0 heterocycles. The minimum absolute atomic E-state index is 0.823. The van der Waals surface area contributed by atoms with Crippen molar-refractivity contribution in [2.75, 3.05) is 20.6 Å². The first kappa shape index (κ1) is 25.7. The molecule has 0 fully saturated rings. The van der Waals surface area contributed by atoms with Crippen LogP contribution in [0.3, 0.4) is 0 Å². The average molecular weight is 367 g/mol. The molecule has 0 spiro atoms. The molecular weight excluding hydrogens is 314 g/mol. The lowest BCUT2D eigenvalue weighted by Crippen LogP contribution is -2.48. The molecule has 0 aromatic heterocycles. The molecule has 0 bridgehead atoms. The van der Waals surface area contributed by atoms with Crippen molar-refractivity contribution < 1.29 is 4.48 Å². The molecule has 0 N–H and O–H groups in total. The second-order valence-corrected chi connectivity index (χ2v) is 9.08. The van der Waals surface area contributed by atoms with Gasteiger partial charge in [0.25, 0.3) is 0 Å². The highest BCUT2D eigenvalue weighted by Gasteiger charge is 2.25. The second kappa shape index (κ2) is 18.1. The zero-order chi connectivity index (χ0) is 19.5. The van der Waals surface area contributed by atoms with E-state index in [1.165, 1.54) is 109 Å². The molecule has 0 radical (unpaired) electrons. The summed E-state index contributed by atoms with van der Waals surface area (Å²) in [5, 5.41) is 0. The van der Waals surface area contributed by atoms with Gasteiger partial charge in [-0.05, 0) is 31.8 Å². The molecule has 0 rings (SSSR count). The fraction of sp³-hybridized carbons (Fsp3) is 0.920. The van der Waals surface area contributed by atoms with Gasteiger partial charge in [0.2, 0.25) is 0 Å². The SMILES string of the molecule is C=CC[N+](C)(C)C(CCCCCCCCC)CCCCCCCCCC. The summed E-state index contributed by atoms with van der Waals surface area (Å²) in [6, 6.07) is 0.823. The Morgan fingerprint density at radius 1 is 0.615 bits per heavy atom. The lowest BCUT2D eigenvalue weighted by molar-refractivity contribution is -0.910. The van der Waals surface area contributed by atoms with Crippen LogP contribution in [0.4, 0.5) is 0 Å². The maximum Gasteiger partial charge on any atom is 0.0969 e. The summed E-state index contributed by atoms with van der Waals surface area (Å²) in [6.45, 7) is 9.71. The molecule has 0 aromatic rings. The van der Waals surface area contributed by atoms with Crippen LogP contribution >= 0.6 is 0 Å². The van der Waals surface area contributed by atoms with Crippen molar-refractivity contribution in [3.63, 3.8) is 0 Å². The van der Waals surface area contributed by atoms with Crippen molar-refractivity contribution in [3.05, 3.63) is 12.7 Å². The summed E-state index contributed by atoms with van der Waals surface area (Å²) >= 11 is 0. The topological polar surface area (TPSA) is 0 Å². The fourth-order valence-corrected chi connectivity index (χ4v) is 4.18. The van der Waals surface area contributed by atoms with Gasteiger partial charge in [0.1, 0.15) is 0 Å². The highest BCUT2D eigenvalue weighted by atomic mass is 15.3. The zero-order valence-corrected chi connectivity index (χ0v) is 19.0. The number of unbranched alkanes of at least 4 members (excludes halogenated alkanes) is 13. The summed E-state index contributed by atoms with van der Waals surface area (Å²) in [5.41, 5.74) is 0. The quantitative estimate of drug-likeness (QED) is 0.115. The monoisotopic (exact) mass is 366 g/mol. The normalized spacial score (nSPS) is 13.1. The van der Waals surface area contributed by atoms with Crippen molar-refractivity contribution in [2.45, 2.75) is 129 Å². The molecule has 156 valence electrons. The third kappa shape index (κ3) is 14.8. The van der Waals surface area contributed by atoms with Crippen molar-refractivity contribution in [3.8, 4) is 0 Å². The molecule has 1 nitrogen and oxygen atoms in total. The van der Waals surface area contributed by atoms with E-state index in [2.05, 4.69) is 40.6 Å². The van der Waals surface area contributed by atoms with Crippen LogP contribution in [-0.2, 0) is 0 Å². The largest absolute Gasteiger partial charge is 0.323 e. The lowest BCUT2D eigenvalue weighted by atomic mass is 9.97. The highest BCUT2D eigenvalue weighted by molar-refractivity contribution is 4.69. The lowest BCUT2D eigenvalue weighted by Gasteiger charge is -2.38. The van der Waals surface area contributed by atoms with Gasteiger partial charge in [-0.3, -0.25) is 0 Å². The van der Waals surface area contributed by atoms with Gasteiger partial charge in [-0.25, -0.2) is 0 Å². The van der Waals surface area contributed by atoms with E-state index in [0.29, 0.717) is 0 Å². The summed E-state index contributed by atoms with van der Waals surface area (Å²) in [7, 11) is 4.83. The molecule has 0 aromatic carbocycles. The van der Waals surface area contributed by atoms with Gasteiger partial charge < -0.3 is 4.48 Å². The summed E-state index contributed by atoms with van der Waals surface area (Å²) < 4.78 is 1.13. The van der Waals surface area contributed by atoms with Gasteiger partial charge in [-0.2, -0.15) is 0 Å². The minimum atomic E-state index is 0.823. The summed E-state index contributed by atoms with van der Waals surface area (Å²) in [5.74, 6) is 0. The van der Waals surface area contributed by atoms with Crippen molar-refractivity contribution in [1.82, 2.24) is 0 Å². The molecule has 0 saturated carbocycles. The molecule has 0 amide bonds. The maximum atomic E-state index is 4.00. The predicted molar refractivity (Wildman–Crippen MR) is 121 cm³/mol. The Morgan fingerprint density at radius 3 is 1.31 bits per heavy atom. The summed E-state index contributed by atoms with van der Waals surface area (Å²) in [6.07, 6.45) is 26.3. The van der Waals surface area contributed by atoms with Crippen LogP contribution in [0.2, 0.25) is 0 Å². The molecule has 26 heavy (non-hydrogen) atoms. The van der Waals surface area contributed by atoms with Gasteiger partial charge in [0.15, 0.2) is 0 Å². The predicted octanol–water partition coefficient (Wildman–Crippen LogP) is 8.29. The van der Waals surface area contributed by atoms with E-state index in [-0.39, 0.29) is 0 Å². The Balaban J connectivity index is 3.99. The van der Waals surface area contributed by atoms with Crippen molar-refractivity contribution in [1.29, 1.82) is 0 Å². The van der Waals surface area contributed by atoms with E-state index < -0.39 is 0 Å². The van der Waals surface area contributed by atoms with Crippen LogP contribution in [-0.4, -0.2) is 31.2 Å². The minimum Gasteiger partial charge on any atom is -0.323 e. The van der Waals surface area contributed by atoms with E-state index >= 15 is 0 Å². The molecule has 0 aliphatic heterocycles. The van der Waals surface area contributed by atoms with Gasteiger partial charge in [0, 0.05) is 0 Å². The zero-order valence-electron chi connectivity index (χ0n) is 19.0. The van der Waals surface area contributed by atoms with Gasteiger partial charge in [-0.1, -0.05) is 104 Å². The maximum absolute atomic E-state index is 4.00. The number of hydrogen-bond acceptors (Lipinski definition) is 0. The Hall–Kier alpha value is -0.300. The molecular formula is C25H52N+. The molecule has 1 atom stereocenters. The number of nitrogens with zero attached hydrogens (tertiary/aromatic N) is 1. The van der Waals surface area contributed by atoms with Crippen LogP contribution in [0.5, 0.6) is 0 Å². The van der Waals surface area contributed by atoms with E-state index in [1.807, 2.05) is 0 Å². The Labute approximate surface area is 167 Å². The van der Waals surface area contributed by atoms with Gasteiger partial charge in [0.05, 0.1) is 26.7 Å². The first-order valence-electron chi connectivity index (χ1n) is 12.0. The third-order valence-corrected chi connectivity index (χ3v) is 6.12. The fourth-order valence-electron chi connectivity index (χ4n) is 4.18. The first-order chi connectivity index (χ1) is 12.6. The van der Waals surface area contributed by atoms with E-state index in [9.17, 15) is 0 Å². The van der Waals surface area contributed by atoms with Crippen molar-refractivity contribution >= 4 is 0 Å². The highest BCUT2D eigenvalue weighted by Crippen LogP contribution is 2.22. The smallest absolute Gasteiger partial charge is 0.0969 e. The third-order valence-electron chi connectivity index (χ3n) is 6.12. The van der Waals surface area contributed by atoms with Crippen LogP contribution in [0, 0.1) is 0 Å². The van der Waals surface area contributed by atoms with E-state index in [0.717, 1.165) is 17.1 Å². The van der Waals surface area contributed by atoms with Crippen LogP contribution < -0.4 is 0 Å². The molecule has 0 aliphatic rings. The second-order valence-electron chi connectivity index (χ2n) is 9.08. The Morgan fingerprint density at radius 2 is 0.962 bits per heavy atom. The van der Waals surface area contributed by atoms with Gasteiger partial charge in [-0.15, -0.1) is 0 Å². The van der Waals surface area contributed by atoms with Crippen molar-refractivity contribution in [2.24, 2.45) is 0 Å². The number of hydrogen-bond donors (Lipinski definition) is 0. The average Bonchev–Trinajstić information content (AvgIpc) is 2.61. The molecule has 0 aliphatic carbocycles. The molecule has 1 heteroatoms. The summed E-state index contributed by atoms with van der Waals surface area (Å²) in [4.78, 5) is 0. The number of quaternary nitrogens is 1. The Kier molecular flexibility index (Phi) is 17.9. The number of rotatable bonds is 20. The number of likely N-dealkylation sites (N-methyl/N-ethyl adjacent to an activating group) is 1. The molecule has 1 unspecified atom stereocenters. The van der Waals surface area contributed by atoms with E-state index in [4.69, 9.17) is 0 Å². The van der Waals surface area contributed by atoms with Crippen LogP contribution in [0.15, 0.2) is 12.7 Å². The van der Waals surface area contributed by atoms with E-state index in [1.54, 1.807) is 0 Å². The Bertz CT molecular complexity index is 295.